The van der Waals surface area contributed by atoms with Crippen LogP contribution in [0, 0.1) is 0 Å². The summed E-state index contributed by atoms with van der Waals surface area (Å²) in [6, 6.07) is 32.7. The minimum atomic E-state index is 0. The van der Waals surface area contributed by atoms with Crippen molar-refractivity contribution >= 4 is 18.5 Å². The largest absolute Gasteiger partial charge is 0.297 e. The van der Waals surface area contributed by atoms with Crippen LogP contribution in [0.25, 0.3) is 6.08 Å². The Kier molecular flexibility index (Phi) is 8.06. The molecule has 1 heterocycles. The van der Waals surface area contributed by atoms with Gasteiger partial charge in [-0.15, -0.1) is 12.4 Å². The molecule has 0 aliphatic carbocycles. The van der Waals surface area contributed by atoms with Gasteiger partial charge in [0.25, 0.3) is 0 Å². The lowest BCUT2D eigenvalue weighted by atomic mass is 9.96. The molecule has 0 saturated carbocycles. The van der Waals surface area contributed by atoms with Crippen LogP contribution in [0.1, 0.15) is 22.7 Å². The minimum Gasteiger partial charge on any atom is -0.297 e. The van der Waals surface area contributed by atoms with E-state index < -0.39 is 0 Å². The summed E-state index contributed by atoms with van der Waals surface area (Å²) in [5.41, 5.74) is 4.03. The number of piperazine rings is 1. The zero-order valence-electron chi connectivity index (χ0n) is 16.7. The van der Waals surface area contributed by atoms with Crippen molar-refractivity contribution in [3.8, 4) is 0 Å². The molecule has 1 fully saturated rings. The van der Waals surface area contributed by atoms with Crippen molar-refractivity contribution in [3.05, 3.63) is 114 Å². The van der Waals surface area contributed by atoms with Crippen LogP contribution < -0.4 is 0 Å². The molecule has 0 radical (unpaired) electrons. The summed E-state index contributed by atoms with van der Waals surface area (Å²) in [5, 5.41) is 0. The van der Waals surface area contributed by atoms with Gasteiger partial charge in [-0.25, -0.2) is 0 Å². The van der Waals surface area contributed by atoms with Crippen LogP contribution in [0.2, 0.25) is 0 Å². The number of benzene rings is 3. The molecule has 4 rings (SSSR count). The van der Waals surface area contributed by atoms with Crippen molar-refractivity contribution in [2.75, 3.05) is 32.7 Å². The highest BCUT2D eigenvalue weighted by Gasteiger charge is 2.25. The van der Waals surface area contributed by atoms with Crippen LogP contribution in [0.5, 0.6) is 0 Å². The van der Waals surface area contributed by atoms with Gasteiger partial charge in [-0.05, 0) is 16.7 Å². The molecule has 0 amide bonds. The van der Waals surface area contributed by atoms with Crippen molar-refractivity contribution in [1.82, 2.24) is 9.80 Å². The molecule has 2 nitrogen and oxygen atoms in total. The molecule has 0 bridgehead atoms. The number of hydrogen-bond donors (Lipinski definition) is 0. The minimum absolute atomic E-state index is 0. The van der Waals surface area contributed by atoms with Crippen LogP contribution in [-0.2, 0) is 0 Å². The Morgan fingerprint density at radius 1 is 0.655 bits per heavy atom. The topological polar surface area (TPSA) is 6.48 Å². The van der Waals surface area contributed by atoms with Gasteiger partial charge in [-0.2, -0.15) is 0 Å². The number of nitrogens with zero attached hydrogens (tertiary/aromatic N) is 2. The van der Waals surface area contributed by atoms with Gasteiger partial charge in [0.15, 0.2) is 0 Å². The van der Waals surface area contributed by atoms with E-state index in [0.29, 0.717) is 6.04 Å². The highest BCUT2D eigenvalue weighted by molar-refractivity contribution is 5.85. The molecule has 29 heavy (non-hydrogen) atoms. The average molecular weight is 405 g/mol. The normalized spacial score (nSPS) is 15.5. The number of rotatable bonds is 6. The fourth-order valence-corrected chi connectivity index (χ4v) is 3.99. The molecule has 1 saturated heterocycles. The van der Waals surface area contributed by atoms with Crippen LogP contribution in [0.4, 0.5) is 0 Å². The molecule has 150 valence electrons. The van der Waals surface area contributed by atoms with Crippen molar-refractivity contribution in [1.29, 1.82) is 0 Å². The lowest BCUT2D eigenvalue weighted by Crippen LogP contribution is -2.47. The van der Waals surface area contributed by atoms with Crippen LogP contribution in [0.15, 0.2) is 97.1 Å². The maximum atomic E-state index is 2.63. The highest BCUT2D eigenvalue weighted by Crippen LogP contribution is 2.29. The van der Waals surface area contributed by atoms with Gasteiger partial charge in [0, 0.05) is 32.7 Å². The first-order chi connectivity index (χ1) is 13.9. The maximum Gasteiger partial charge on any atom is 0.0602 e. The molecule has 0 atom stereocenters. The van der Waals surface area contributed by atoms with E-state index in [1.165, 1.54) is 16.7 Å². The molecule has 0 unspecified atom stereocenters. The molecule has 0 spiro atoms. The van der Waals surface area contributed by atoms with E-state index in [2.05, 4.69) is 113 Å². The second-order valence-corrected chi connectivity index (χ2v) is 7.37. The van der Waals surface area contributed by atoms with Gasteiger partial charge in [-0.3, -0.25) is 9.80 Å². The number of halogens is 1. The quantitative estimate of drug-likeness (QED) is 0.533. The Morgan fingerprint density at radius 3 is 1.66 bits per heavy atom. The Labute approximate surface area is 180 Å². The lowest BCUT2D eigenvalue weighted by Gasteiger charge is -2.39. The van der Waals surface area contributed by atoms with Gasteiger partial charge in [0.1, 0.15) is 0 Å². The molecular formula is C26H29ClN2. The van der Waals surface area contributed by atoms with Gasteiger partial charge in [0.05, 0.1) is 6.04 Å². The summed E-state index contributed by atoms with van der Waals surface area (Å²) in [4.78, 5) is 5.17. The molecule has 1 aliphatic rings. The van der Waals surface area contributed by atoms with Gasteiger partial charge >= 0.3 is 0 Å². The fraction of sp³-hybridized carbons (Fsp3) is 0.231. The van der Waals surface area contributed by atoms with Gasteiger partial charge in [-0.1, -0.05) is 103 Å². The summed E-state index contributed by atoms with van der Waals surface area (Å²) in [5.74, 6) is 0. The molecule has 3 aromatic rings. The maximum absolute atomic E-state index is 2.63. The van der Waals surface area contributed by atoms with E-state index in [1.807, 2.05) is 0 Å². The lowest BCUT2D eigenvalue weighted by molar-refractivity contribution is 0.118. The number of hydrogen-bond acceptors (Lipinski definition) is 2. The molecule has 0 aromatic heterocycles. The van der Waals surface area contributed by atoms with E-state index in [9.17, 15) is 0 Å². The molecular weight excluding hydrogens is 376 g/mol. The van der Waals surface area contributed by atoms with Gasteiger partial charge in [0.2, 0.25) is 0 Å². The summed E-state index contributed by atoms with van der Waals surface area (Å²) in [6.07, 6.45) is 4.51. The third-order valence-corrected chi connectivity index (χ3v) is 5.48. The zero-order valence-corrected chi connectivity index (χ0v) is 17.5. The summed E-state index contributed by atoms with van der Waals surface area (Å²) < 4.78 is 0. The molecule has 3 heteroatoms. The fourth-order valence-electron chi connectivity index (χ4n) is 3.99. The predicted molar refractivity (Wildman–Crippen MR) is 125 cm³/mol. The van der Waals surface area contributed by atoms with E-state index in [-0.39, 0.29) is 12.4 Å². The van der Waals surface area contributed by atoms with Crippen molar-refractivity contribution in [2.45, 2.75) is 6.04 Å². The smallest absolute Gasteiger partial charge is 0.0602 e. The zero-order chi connectivity index (χ0) is 19.0. The van der Waals surface area contributed by atoms with E-state index >= 15 is 0 Å². The van der Waals surface area contributed by atoms with E-state index in [0.717, 1.165) is 32.7 Å². The summed E-state index contributed by atoms with van der Waals surface area (Å²) in [7, 11) is 0. The van der Waals surface area contributed by atoms with Crippen LogP contribution >= 0.6 is 12.4 Å². The SMILES string of the molecule is C(=C\c1ccccc1)/CN1CCN(C(c2ccccc2)c2ccccc2)CC1.Cl. The van der Waals surface area contributed by atoms with Crippen LogP contribution in [-0.4, -0.2) is 42.5 Å². The monoisotopic (exact) mass is 404 g/mol. The van der Waals surface area contributed by atoms with Crippen molar-refractivity contribution in [3.63, 3.8) is 0 Å². The second-order valence-electron chi connectivity index (χ2n) is 7.37. The third-order valence-electron chi connectivity index (χ3n) is 5.48. The van der Waals surface area contributed by atoms with E-state index in [1.54, 1.807) is 0 Å². The molecule has 0 N–H and O–H groups in total. The Balaban J connectivity index is 0.00000240. The Morgan fingerprint density at radius 2 is 1.14 bits per heavy atom. The van der Waals surface area contributed by atoms with E-state index in [4.69, 9.17) is 0 Å². The summed E-state index contributed by atoms with van der Waals surface area (Å²) in [6.45, 7) is 5.41. The predicted octanol–water partition coefficient (Wildman–Crippen LogP) is 5.53. The standard InChI is InChI=1S/C26H28N2.ClH/c1-4-11-23(12-5-1)13-10-18-27-19-21-28(22-20-27)26(24-14-6-2-7-15-24)25-16-8-3-9-17-25;/h1-17,26H,18-22H2;1H/b13-10+;. The average Bonchev–Trinajstić information content (AvgIpc) is 2.77. The first-order valence-corrected chi connectivity index (χ1v) is 10.2. The first kappa shape index (κ1) is 21.3. The highest BCUT2D eigenvalue weighted by atomic mass is 35.5. The van der Waals surface area contributed by atoms with Crippen molar-refractivity contribution in [2.24, 2.45) is 0 Å². The molecule has 3 aromatic carbocycles. The Bertz CT molecular complexity index is 817. The molecule has 1 aliphatic heterocycles. The summed E-state index contributed by atoms with van der Waals surface area (Å²) >= 11 is 0. The first-order valence-electron chi connectivity index (χ1n) is 10.2. The van der Waals surface area contributed by atoms with Crippen molar-refractivity contribution < 1.29 is 0 Å². The van der Waals surface area contributed by atoms with Gasteiger partial charge < -0.3 is 0 Å². The second kappa shape index (κ2) is 11.0. The third kappa shape index (κ3) is 5.80. The Hall–Kier alpha value is -2.39. The van der Waals surface area contributed by atoms with Crippen LogP contribution in [0.3, 0.4) is 0 Å².